The van der Waals surface area contributed by atoms with E-state index in [1.807, 2.05) is 7.05 Å². The van der Waals surface area contributed by atoms with E-state index in [0.29, 0.717) is 22.3 Å². The standard InChI is InChI=1S/C30H28ClF2N5O5/c1-37-9-7-15(8-10-37)38-29(41)17-11-22-23(12-18(17)30(38)42)36-28(35-22)25-21(3-2-4-24(25)40)34-13-16(39)14-43-27-20(32)6-5-19(31)26(27)33/h2-3,5-6,11-12,15-16,34,39H,4,7-10,13-14H2,1H3,(H,35,36)/t16-/m1/s1. The van der Waals surface area contributed by atoms with Gasteiger partial charge in [-0.2, -0.15) is 0 Å². The highest BCUT2D eigenvalue weighted by Crippen LogP contribution is 2.33. The average Bonchev–Trinajstić information content (AvgIpc) is 3.50. The van der Waals surface area contributed by atoms with Crippen molar-refractivity contribution in [3.63, 3.8) is 0 Å². The van der Waals surface area contributed by atoms with Crippen molar-refractivity contribution < 1.29 is 33.0 Å². The quantitative estimate of drug-likeness (QED) is 0.261. The zero-order chi connectivity index (χ0) is 30.4. The van der Waals surface area contributed by atoms with Gasteiger partial charge in [-0.1, -0.05) is 17.7 Å². The van der Waals surface area contributed by atoms with Gasteiger partial charge in [-0.25, -0.2) is 13.8 Å². The summed E-state index contributed by atoms with van der Waals surface area (Å²) in [5.74, 6) is -3.40. The van der Waals surface area contributed by atoms with Crippen molar-refractivity contribution in [2.45, 2.75) is 31.4 Å². The number of amides is 2. The highest BCUT2D eigenvalue weighted by atomic mass is 35.5. The molecule has 2 amide bonds. The maximum Gasteiger partial charge on any atom is 0.261 e. The number of halogens is 3. The van der Waals surface area contributed by atoms with Gasteiger partial charge in [0.25, 0.3) is 11.8 Å². The molecule has 0 bridgehead atoms. The van der Waals surface area contributed by atoms with Crippen molar-refractivity contribution in [3.8, 4) is 5.75 Å². The summed E-state index contributed by atoms with van der Waals surface area (Å²) in [7, 11) is 2.01. The van der Waals surface area contributed by atoms with Crippen LogP contribution in [0.5, 0.6) is 5.75 Å². The number of benzene rings is 2. The molecule has 3 aliphatic rings. The monoisotopic (exact) mass is 611 g/mol. The summed E-state index contributed by atoms with van der Waals surface area (Å²) in [5.41, 5.74) is 2.09. The summed E-state index contributed by atoms with van der Waals surface area (Å²) in [6.07, 6.45) is 3.67. The summed E-state index contributed by atoms with van der Waals surface area (Å²) in [6.45, 7) is 1.04. The van der Waals surface area contributed by atoms with E-state index >= 15 is 0 Å². The molecule has 0 spiro atoms. The lowest BCUT2D eigenvalue weighted by atomic mass is 10.00. The number of nitrogens with zero attached hydrogens (tertiary/aromatic N) is 3. The number of rotatable bonds is 8. The number of carbonyl (C=O) groups is 3. The molecule has 10 nitrogen and oxygen atoms in total. The Morgan fingerprint density at radius 1 is 1.16 bits per heavy atom. The minimum Gasteiger partial charge on any atom is -0.485 e. The number of nitrogens with one attached hydrogen (secondary N) is 2. The van der Waals surface area contributed by atoms with Crippen molar-refractivity contribution in [2.24, 2.45) is 0 Å². The third-order valence-electron chi connectivity index (χ3n) is 7.90. The van der Waals surface area contributed by atoms with Crippen LogP contribution in [0.15, 0.2) is 42.1 Å². The van der Waals surface area contributed by atoms with Crippen LogP contribution in [-0.4, -0.2) is 87.9 Å². The second kappa shape index (κ2) is 11.5. The zero-order valence-electron chi connectivity index (χ0n) is 23.1. The van der Waals surface area contributed by atoms with Crippen molar-refractivity contribution >= 4 is 45.8 Å². The largest absolute Gasteiger partial charge is 0.485 e. The molecule has 6 rings (SSSR count). The number of aliphatic hydroxyl groups is 1. The van der Waals surface area contributed by atoms with Crippen LogP contribution in [0.2, 0.25) is 5.02 Å². The van der Waals surface area contributed by atoms with Gasteiger partial charge >= 0.3 is 0 Å². The molecule has 3 heterocycles. The molecule has 224 valence electrons. The SMILES string of the molecule is CN1CCC(N2C(=O)c3cc4nc(C5=C(NC[C@@H](O)COc6c(F)ccc(Cl)c6F)C=CCC5=O)[nH]c4cc3C2=O)CC1. The third-order valence-corrected chi connectivity index (χ3v) is 8.19. The van der Waals surface area contributed by atoms with E-state index in [1.165, 1.54) is 4.90 Å². The lowest BCUT2D eigenvalue weighted by Crippen LogP contribution is -2.46. The number of fused-ring (bicyclic) bond motifs is 2. The van der Waals surface area contributed by atoms with Crippen molar-refractivity contribution in [2.75, 3.05) is 33.3 Å². The number of ketones is 1. The fourth-order valence-corrected chi connectivity index (χ4v) is 5.75. The molecule has 13 heteroatoms. The van der Waals surface area contributed by atoms with Crippen LogP contribution in [0.3, 0.4) is 0 Å². The molecule has 0 saturated carbocycles. The van der Waals surface area contributed by atoms with Crippen LogP contribution in [0.25, 0.3) is 16.6 Å². The molecule has 2 aliphatic heterocycles. The minimum absolute atomic E-state index is 0.120. The Morgan fingerprint density at radius 3 is 2.63 bits per heavy atom. The van der Waals surface area contributed by atoms with Gasteiger partial charge in [-0.05, 0) is 63.3 Å². The zero-order valence-corrected chi connectivity index (χ0v) is 23.9. The summed E-state index contributed by atoms with van der Waals surface area (Å²) >= 11 is 5.68. The first kappa shape index (κ1) is 29.0. The summed E-state index contributed by atoms with van der Waals surface area (Å²) in [6, 6.07) is 5.04. The third kappa shape index (κ3) is 5.41. The van der Waals surface area contributed by atoms with Crippen LogP contribution in [-0.2, 0) is 4.79 Å². The molecular weight excluding hydrogens is 584 g/mol. The Balaban J connectivity index is 1.20. The van der Waals surface area contributed by atoms with Crippen molar-refractivity contribution in [1.29, 1.82) is 0 Å². The van der Waals surface area contributed by atoms with Crippen LogP contribution < -0.4 is 10.1 Å². The first-order valence-corrected chi connectivity index (χ1v) is 14.2. The number of Topliss-reactive ketones (excluding diaryl/α,β-unsaturated/α-hetero) is 1. The lowest BCUT2D eigenvalue weighted by Gasteiger charge is -2.33. The van der Waals surface area contributed by atoms with E-state index in [4.69, 9.17) is 16.3 Å². The van der Waals surface area contributed by atoms with Gasteiger partial charge in [0.1, 0.15) is 18.5 Å². The highest BCUT2D eigenvalue weighted by molar-refractivity contribution is 6.30. The van der Waals surface area contributed by atoms with Crippen LogP contribution >= 0.6 is 11.6 Å². The molecule has 1 atom stereocenters. The number of allylic oxidation sites excluding steroid dienone is 3. The Kier molecular flexibility index (Phi) is 7.75. The number of hydrogen-bond acceptors (Lipinski definition) is 8. The Hall–Kier alpha value is -4.13. The Bertz CT molecular complexity index is 1660. The molecule has 2 aromatic carbocycles. The molecule has 0 radical (unpaired) electrons. The molecule has 1 saturated heterocycles. The van der Waals surface area contributed by atoms with Gasteiger partial charge in [0.2, 0.25) is 0 Å². The van der Waals surface area contributed by atoms with Crippen molar-refractivity contribution in [1.82, 2.24) is 25.1 Å². The molecule has 1 fully saturated rings. The summed E-state index contributed by atoms with van der Waals surface area (Å²) in [5, 5.41) is 13.1. The van der Waals surface area contributed by atoms with E-state index in [-0.39, 0.29) is 58.6 Å². The van der Waals surface area contributed by atoms with E-state index < -0.39 is 30.1 Å². The summed E-state index contributed by atoms with van der Waals surface area (Å²) < 4.78 is 33.2. The van der Waals surface area contributed by atoms with E-state index in [2.05, 4.69) is 20.2 Å². The smallest absolute Gasteiger partial charge is 0.261 e. The molecular formula is C30H28ClF2N5O5. The normalized spacial score (nSPS) is 18.6. The fraction of sp³-hybridized carbons (Fsp3) is 0.333. The molecule has 3 aromatic rings. The number of piperidine rings is 1. The minimum atomic E-state index is -1.21. The number of aromatic amines is 1. The molecule has 3 N–H and O–H groups in total. The number of H-pyrrole nitrogens is 1. The van der Waals surface area contributed by atoms with Gasteiger partial charge in [-0.15, -0.1) is 0 Å². The molecule has 1 aromatic heterocycles. The second-order valence-corrected chi connectivity index (χ2v) is 11.3. The first-order valence-electron chi connectivity index (χ1n) is 13.8. The van der Waals surface area contributed by atoms with Crippen LogP contribution in [0, 0.1) is 11.6 Å². The topological polar surface area (TPSA) is 128 Å². The second-order valence-electron chi connectivity index (χ2n) is 10.9. The van der Waals surface area contributed by atoms with Gasteiger partial charge in [0.15, 0.2) is 23.2 Å². The predicted octanol–water partition coefficient (Wildman–Crippen LogP) is 3.45. The number of imidazole rings is 1. The van der Waals surface area contributed by atoms with E-state index in [1.54, 1.807) is 24.3 Å². The number of imide groups is 1. The van der Waals surface area contributed by atoms with Gasteiger partial charge < -0.3 is 25.0 Å². The molecule has 0 unspecified atom stereocenters. The van der Waals surface area contributed by atoms with Crippen LogP contribution in [0.4, 0.5) is 8.78 Å². The molecule has 1 aliphatic carbocycles. The van der Waals surface area contributed by atoms with Gasteiger partial charge in [0, 0.05) is 24.7 Å². The van der Waals surface area contributed by atoms with Gasteiger partial charge in [-0.3, -0.25) is 19.3 Å². The van der Waals surface area contributed by atoms with E-state index in [9.17, 15) is 28.3 Å². The average molecular weight is 612 g/mol. The number of ether oxygens (including phenoxy) is 1. The molecule has 43 heavy (non-hydrogen) atoms. The summed E-state index contributed by atoms with van der Waals surface area (Å²) in [4.78, 5) is 50.8. The van der Waals surface area contributed by atoms with Gasteiger partial charge in [0.05, 0.1) is 32.8 Å². The lowest BCUT2D eigenvalue weighted by molar-refractivity contribution is -0.113. The number of aliphatic hydroxyl groups excluding tert-OH is 1. The Morgan fingerprint density at radius 2 is 1.88 bits per heavy atom. The number of hydrogen-bond donors (Lipinski definition) is 3. The highest BCUT2D eigenvalue weighted by Gasteiger charge is 2.41. The fourth-order valence-electron chi connectivity index (χ4n) is 5.60. The number of aromatic nitrogens is 2. The van der Waals surface area contributed by atoms with Crippen molar-refractivity contribution in [3.05, 3.63) is 75.7 Å². The van der Waals surface area contributed by atoms with E-state index in [0.717, 1.165) is 38.1 Å². The Labute approximate surface area is 250 Å². The first-order chi connectivity index (χ1) is 20.6. The number of likely N-dealkylation sites (tertiary alicyclic amines) is 1. The predicted molar refractivity (Wildman–Crippen MR) is 154 cm³/mol. The maximum absolute atomic E-state index is 14.1. The number of carbonyl (C=O) groups excluding carboxylic acids is 3. The van der Waals surface area contributed by atoms with Crippen LogP contribution in [0.1, 0.15) is 45.8 Å². The maximum atomic E-state index is 14.1.